The van der Waals surface area contributed by atoms with E-state index in [1.807, 2.05) is 0 Å². The van der Waals surface area contributed by atoms with Crippen LogP contribution < -0.4 is 16.1 Å². The number of nitrogens with two attached hydrogens (primary N) is 1. The molecule has 14 N–H and O–H groups in total. The van der Waals surface area contributed by atoms with Gasteiger partial charge in [-0.1, -0.05) is 0 Å². The van der Waals surface area contributed by atoms with E-state index in [2.05, 4.69) is 0 Å². The summed E-state index contributed by atoms with van der Waals surface area (Å²) in [7, 11) is -31.4. The third kappa shape index (κ3) is 5.41. The van der Waals surface area contributed by atoms with E-state index in [0.717, 1.165) is 0 Å². The average Bonchev–Trinajstić information content (AvgIpc) is 2.30. The molecule has 0 aliphatic rings. The Labute approximate surface area is 150 Å². The van der Waals surface area contributed by atoms with Gasteiger partial charge in [0.05, 0.1) is 0 Å². The van der Waals surface area contributed by atoms with Crippen molar-refractivity contribution >= 4 is 38.1 Å². The van der Waals surface area contributed by atoms with Crippen molar-refractivity contribution in [2.75, 3.05) is 13.1 Å². The Morgan fingerprint density at radius 3 is 1.19 bits per heavy atom. The Hall–Kier alpha value is 0.630. The number of hydrogen-bond acceptors (Lipinski definition) is 7. The van der Waals surface area contributed by atoms with Crippen molar-refractivity contribution in [2.45, 2.75) is 10.0 Å². The first kappa shape index (κ1) is 27.6. The third-order valence-electron chi connectivity index (χ3n) is 3.06. The number of rotatable bonds is 10. The van der Waals surface area contributed by atoms with E-state index < -0.39 is 61.3 Å². The highest BCUT2D eigenvalue weighted by molar-refractivity contribution is 7.80. The molecule has 0 aliphatic heterocycles. The van der Waals surface area contributed by atoms with E-state index in [0.29, 0.717) is 0 Å². The van der Waals surface area contributed by atoms with Gasteiger partial charge in [-0.2, -0.15) is 0 Å². The van der Waals surface area contributed by atoms with E-state index in [9.17, 15) is 62.0 Å². The summed E-state index contributed by atoms with van der Waals surface area (Å²) in [6.07, 6.45) is 0. The van der Waals surface area contributed by atoms with Crippen LogP contribution in [-0.4, -0.2) is 72.1 Å². The Balaban J connectivity index is 6.82. The molecule has 0 aromatic rings. The van der Waals surface area contributed by atoms with Crippen LogP contribution in [0.2, 0.25) is 0 Å². The summed E-state index contributed by atoms with van der Waals surface area (Å²) < 4.78 is 57.6. The lowest BCUT2D eigenvalue weighted by Gasteiger charge is -2.47. The molecule has 0 fully saturated rings. The lowest BCUT2D eigenvalue weighted by atomic mass is 10.5. The molecule has 0 radical (unpaired) electrons. The van der Waals surface area contributed by atoms with Gasteiger partial charge in [-0.3, -0.25) is 23.6 Å². The normalized spacial score (nSPS) is 15.8. The molecule has 0 aliphatic carbocycles. The number of hydrogen-bond donors (Lipinski definition) is 13. The molecule has 0 saturated carbocycles. The molecule has 0 unspecified atom stereocenters. The molecule has 0 spiro atoms. The zero-order valence-corrected chi connectivity index (χ0v) is 17.2. The summed E-state index contributed by atoms with van der Waals surface area (Å²) in [5, 5.41) is -6.98. The molecule has 0 aromatic heterocycles. The topological polar surface area (TPSA) is 338 Å². The lowest BCUT2D eigenvalue weighted by molar-refractivity contribution is 0.231. The van der Waals surface area contributed by atoms with Gasteiger partial charge in [-0.25, -0.2) is 9.65 Å². The van der Waals surface area contributed by atoms with Gasteiger partial charge in [-0.05, 0) is 0 Å². The van der Waals surface area contributed by atoms with Crippen LogP contribution in [0.3, 0.4) is 0 Å². The Bertz CT molecular complexity index is 735. The zero-order valence-electron chi connectivity index (χ0n) is 12.7. The maximum absolute atomic E-state index is 11.8. The van der Waals surface area contributed by atoms with Crippen LogP contribution in [0.4, 0.5) is 0 Å². The van der Waals surface area contributed by atoms with Gasteiger partial charge >= 0.3 is 38.1 Å². The van der Waals surface area contributed by atoms with Gasteiger partial charge in [0, 0.05) is 13.1 Å². The van der Waals surface area contributed by atoms with E-state index in [1.165, 1.54) is 10.4 Å². The molecule has 0 saturated heterocycles. The van der Waals surface area contributed by atoms with Crippen molar-refractivity contribution in [1.82, 2.24) is 10.4 Å². The Morgan fingerprint density at radius 2 is 0.963 bits per heavy atom. The minimum Gasteiger partial charge on any atom is -0.323 e. The smallest absolute Gasteiger partial charge is 0.323 e. The van der Waals surface area contributed by atoms with Gasteiger partial charge in [0.1, 0.15) is 0 Å². The second-order valence-corrected chi connectivity index (χ2v) is 14.2. The highest BCUT2D eigenvalue weighted by Crippen LogP contribution is 2.83. The summed E-state index contributed by atoms with van der Waals surface area (Å²) in [5.74, 6) is 0. The molecule has 18 nitrogen and oxygen atoms in total. The van der Waals surface area contributed by atoms with Crippen LogP contribution in [0.25, 0.3) is 0 Å². The maximum atomic E-state index is 11.8. The van der Waals surface area contributed by atoms with Crippen molar-refractivity contribution < 1.29 is 71.8 Å². The first-order valence-electron chi connectivity index (χ1n) is 6.03. The Kier molecular flexibility index (Phi) is 8.23. The molecule has 23 heteroatoms. The van der Waals surface area contributed by atoms with Crippen molar-refractivity contribution in [3.63, 3.8) is 0 Å². The molecule has 0 bridgehead atoms. The first-order chi connectivity index (χ1) is 11.5. The predicted octanol–water partition coefficient (Wildman–Crippen LogP) is -3.76. The van der Waals surface area contributed by atoms with E-state index in [1.54, 1.807) is 0 Å². The summed E-state index contributed by atoms with van der Waals surface area (Å²) in [4.78, 5) is 91.7. The predicted molar refractivity (Wildman–Crippen MR) is 85.9 cm³/mol. The van der Waals surface area contributed by atoms with Gasteiger partial charge in [0.25, 0.3) is 10.0 Å². The summed E-state index contributed by atoms with van der Waals surface area (Å²) in [5.41, 5.74) is 4.92. The molecule has 0 atom stereocenters. The summed E-state index contributed by atoms with van der Waals surface area (Å²) in [6, 6.07) is 0. The monoisotopic (exact) mass is 503 g/mol. The molecule has 27 heavy (non-hydrogen) atoms. The number of nitrogens with one attached hydrogen (secondary N) is 2. The molecule has 164 valence electrons. The van der Waals surface area contributed by atoms with Gasteiger partial charge in [-0.15, -0.1) is 0 Å². The van der Waals surface area contributed by atoms with E-state index >= 15 is 0 Å². The van der Waals surface area contributed by atoms with Crippen LogP contribution in [0.5, 0.6) is 0 Å². The standard InChI is InChI=1S/C4H18N3O15P5/c5-3(23(8,9)10,24(11,12)13)4(25(14,15)16,26(17,18)19)6-1-2-7-27(20,21)22/h6H,1-2,5H2,(H2,8,9,10)(H2,11,12,13)(H2,14,15,16)(H2,17,18,19)(H3,7,20,21,22). The van der Waals surface area contributed by atoms with Crippen molar-refractivity contribution in [1.29, 1.82) is 0 Å². The van der Waals surface area contributed by atoms with Crippen molar-refractivity contribution in [3.8, 4) is 0 Å². The van der Waals surface area contributed by atoms with Crippen LogP contribution >= 0.6 is 38.1 Å². The SMILES string of the molecule is NC(C(NCCNP(=O)(O)O)(P(=O)(O)O)P(=O)(O)O)(P(=O)(O)O)P(=O)(O)O. The summed E-state index contributed by atoms with van der Waals surface area (Å²) >= 11 is 0. The molecule has 0 amide bonds. The molecule has 0 heterocycles. The van der Waals surface area contributed by atoms with Gasteiger partial charge in [0.2, 0.25) is 0 Å². The molecular formula is C4H18N3O15P5. The van der Waals surface area contributed by atoms with Crippen LogP contribution in [0.1, 0.15) is 0 Å². The fourth-order valence-corrected chi connectivity index (χ4v) is 10.7. The van der Waals surface area contributed by atoms with Crippen LogP contribution in [-0.2, 0) is 22.8 Å². The molecule has 0 aromatic carbocycles. The fourth-order valence-electron chi connectivity index (χ4n) is 1.95. The second kappa shape index (κ2) is 8.05. The highest BCUT2D eigenvalue weighted by Gasteiger charge is 2.83. The lowest BCUT2D eigenvalue weighted by Crippen LogP contribution is -2.66. The van der Waals surface area contributed by atoms with Crippen molar-refractivity contribution in [2.24, 2.45) is 5.73 Å². The van der Waals surface area contributed by atoms with Crippen LogP contribution in [0.15, 0.2) is 0 Å². The van der Waals surface area contributed by atoms with Crippen LogP contribution in [0, 0.1) is 0 Å². The minimum atomic E-state index is -6.63. The zero-order chi connectivity index (χ0) is 22.3. The minimum absolute atomic E-state index is 1.04. The Morgan fingerprint density at radius 1 is 0.630 bits per heavy atom. The van der Waals surface area contributed by atoms with Gasteiger partial charge in [0.15, 0.2) is 0 Å². The molecule has 0 rings (SSSR count). The maximum Gasteiger partial charge on any atom is 0.400 e. The fraction of sp³-hybridized carbons (Fsp3) is 1.00. The van der Waals surface area contributed by atoms with E-state index in [-0.39, 0.29) is 0 Å². The third-order valence-corrected chi connectivity index (χ3v) is 12.7. The average molecular weight is 503 g/mol. The second-order valence-electron chi connectivity index (χ2n) is 4.95. The first-order valence-corrected chi connectivity index (χ1v) is 14.1. The largest absolute Gasteiger partial charge is 0.400 e. The van der Waals surface area contributed by atoms with Crippen molar-refractivity contribution in [3.05, 3.63) is 0 Å². The quantitative estimate of drug-likeness (QED) is 0.100. The summed E-state index contributed by atoms with van der Waals surface area (Å²) in [6.45, 7) is -2.31. The van der Waals surface area contributed by atoms with E-state index in [4.69, 9.17) is 15.5 Å². The highest BCUT2D eigenvalue weighted by atomic mass is 31.3. The molecular weight excluding hydrogens is 485 g/mol. The van der Waals surface area contributed by atoms with Gasteiger partial charge < -0.3 is 54.7 Å².